The van der Waals surface area contributed by atoms with E-state index in [-0.39, 0.29) is 0 Å². The van der Waals surface area contributed by atoms with Gasteiger partial charge in [-0.1, -0.05) is 58.0 Å². The van der Waals surface area contributed by atoms with Crippen LogP contribution in [0.3, 0.4) is 0 Å². The van der Waals surface area contributed by atoms with Gasteiger partial charge in [0.2, 0.25) is 0 Å². The second kappa shape index (κ2) is 7.07. The lowest BCUT2D eigenvalue weighted by Crippen LogP contribution is -2.52. The van der Waals surface area contributed by atoms with Gasteiger partial charge in [-0.2, -0.15) is 0 Å². The Kier molecular flexibility index (Phi) is 6.06. The zero-order valence-electron chi connectivity index (χ0n) is 12.3. The Bertz CT molecular complexity index is 324. The summed E-state index contributed by atoms with van der Waals surface area (Å²) in [5.74, 6) is 1.06. The van der Waals surface area contributed by atoms with E-state index in [0.717, 1.165) is 13.2 Å². The molecule has 0 saturated carbocycles. The van der Waals surface area contributed by atoms with E-state index in [4.69, 9.17) is 8.85 Å². The highest BCUT2D eigenvalue weighted by Crippen LogP contribution is 2.12. The summed E-state index contributed by atoms with van der Waals surface area (Å²) in [5.41, 5.74) is 0. The molecule has 1 aromatic rings. The second-order valence-corrected chi connectivity index (χ2v) is 8.77. The fourth-order valence-electron chi connectivity index (χ4n) is 1.60. The smallest absolute Gasteiger partial charge is 0.369 e. The molecule has 0 aliphatic heterocycles. The van der Waals surface area contributed by atoms with Crippen molar-refractivity contribution in [1.29, 1.82) is 0 Å². The Morgan fingerprint density at radius 3 is 1.72 bits per heavy atom. The summed E-state index contributed by atoms with van der Waals surface area (Å²) in [6.45, 7) is 12.3. The fraction of sp³-hybridized carbons (Fsp3) is 0.600. The molecule has 3 heteroatoms. The van der Waals surface area contributed by atoms with Gasteiger partial charge in [0.25, 0.3) is 0 Å². The summed E-state index contributed by atoms with van der Waals surface area (Å²) in [4.78, 5) is 0. The van der Waals surface area contributed by atoms with Crippen LogP contribution in [0.4, 0.5) is 0 Å². The van der Waals surface area contributed by atoms with Crippen LogP contribution in [0.15, 0.2) is 30.3 Å². The molecular formula is C15H26O2Si. The first-order valence-corrected chi connectivity index (χ1v) is 9.09. The van der Waals surface area contributed by atoms with Crippen LogP contribution in [-0.2, 0) is 8.85 Å². The van der Waals surface area contributed by atoms with Crippen molar-refractivity contribution < 1.29 is 8.85 Å². The Morgan fingerprint density at radius 1 is 0.889 bits per heavy atom. The molecule has 0 aliphatic carbocycles. The molecule has 18 heavy (non-hydrogen) atoms. The maximum Gasteiger partial charge on any atom is 0.369 e. The third-order valence-electron chi connectivity index (χ3n) is 2.68. The van der Waals surface area contributed by atoms with E-state index in [1.165, 1.54) is 5.19 Å². The number of hydrogen-bond acceptors (Lipinski definition) is 2. The first kappa shape index (κ1) is 15.4. The van der Waals surface area contributed by atoms with Crippen LogP contribution < -0.4 is 5.19 Å². The Labute approximate surface area is 113 Å². The lowest BCUT2D eigenvalue weighted by molar-refractivity contribution is 0.153. The largest absolute Gasteiger partial charge is 0.391 e. The van der Waals surface area contributed by atoms with Crippen LogP contribution in [0.5, 0.6) is 0 Å². The van der Waals surface area contributed by atoms with Crippen LogP contribution in [0.25, 0.3) is 0 Å². The molecule has 0 spiro atoms. The summed E-state index contributed by atoms with van der Waals surface area (Å²) in [6.07, 6.45) is 0. The van der Waals surface area contributed by atoms with E-state index in [9.17, 15) is 0 Å². The van der Waals surface area contributed by atoms with Crippen molar-refractivity contribution in [2.45, 2.75) is 34.2 Å². The first-order chi connectivity index (χ1) is 8.44. The highest BCUT2D eigenvalue weighted by atomic mass is 28.4. The molecule has 0 aliphatic rings. The first-order valence-electron chi connectivity index (χ1n) is 6.77. The van der Waals surface area contributed by atoms with Gasteiger partial charge in [-0.25, -0.2) is 0 Å². The number of benzene rings is 1. The number of hydrogen-bond donors (Lipinski definition) is 0. The average molecular weight is 266 g/mol. The van der Waals surface area contributed by atoms with Crippen molar-refractivity contribution in [2.75, 3.05) is 13.2 Å². The van der Waals surface area contributed by atoms with Crippen LogP contribution in [0, 0.1) is 11.8 Å². The molecule has 0 radical (unpaired) electrons. The molecule has 0 fully saturated rings. The lowest BCUT2D eigenvalue weighted by Gasteiger charge is -2.29. The standard InChI is InChI=1S/C15H26O2Si/c1-13(2)11-16-18(5,17-12-14(3)4)15-9-7-6-8-10-15/h6-10,13-14H,11-12H2,1-5H3. The van der Waals surface area contributed by atoms with Crippen LogP contribution in [0.1, 0.15) is 27.7 Å². The molecule has 0 aromatic heterocycles. The maximum absolute atomic E-state index is 6.14. The van der Waals surface area contributed by atoms with E-state index >= 15 is 0 Å². The van der Waals surface area contributed by atoms with Crippen molar-refractivity contribution in [3.05, 3.63) is 30.3 Å². The van der Waals surface area contributed by atoms with Gasteiger partial charge in [0.15, 0.2) is 0 Å². The van der Waals surface area contributed by atoms with E-state index in [0.29, 0.717) is 11.8 Å². The third-order valence-corrected chi connectivity index (χ3v) is 5.50. The van der Waals surface area contributed by atoms with Crippen molar-refractivity contribution in [2.24, 2.45) is 11.8 Å². The third kappa shape index (κ3) is 4.92. The van der Waals surface area contributed by atoms with E-state index in [1.54, 1.807) is 0 Å². The van der Waals surface area contributed by atoms with Crippen molar-refractivity contribution >= 4 is 13.7 Å². The molecule has 1 rings (SSSR count). The van der Waals surface area contributed by atoms with Gasteiger partial charge in [-0.15, -0.1) is 0 Å². The zero-order chi connectivity index (χ0) is 13.6. The molecule has 0 bridgehead atoms. The minimum Gasteiger partial charge on any atom is -0.391 e. The molecular weight excluding hydrogens is 240 g/mol. The van der Waals surface area contributed by atoms with Crippen LogP contribution >= 0.6 is 0 Å². The molecule has 0 heterocycles. The van der Waals surface area contributed by atoms with E-state index < -0.39 is 8.56 Å². The minimum atomic E-state index is -2.25. The fourth-order valence-corrected chi connectivity index (χ4v) is 4.12. The van der Waals surface area contributed by atoms with Gasteiger partial charge in [0.05, 0.1) is 0 Å². The summed E-state index contributed by atoms with van der Waals surface area (Å²) in [6, 6.07) is 10.4. The summed E-state index contributed by atoms with van der Waals surface area (Å²) >= 11 is 0. The molecule has 0 amide bonds. The summed E-state index contributed by atoms with van der Waals surface area (Å²) in [5, 5.41) is 1.21. The molecule has 2 nitrogen and oxygen atoms in total. The topological polar surface area (TPSA) is 18.5 Å². The molecule has 0 N–H and O–H groups in total. The van der Waals surface area contributed by atoms with Gasteiger partial charge in [-0.3, -0.25) is 0 Å². The number of rotatable bonds is 7. The highest BCUT2D eigenvalue weighted by molar-refractivity contribution is 6.79. The minimum absolute atomic E-state index is 0.531. The van der Waals surface area contributed by atoms with Crippen molar-refractivity contribution in [1.82, 2.24) is 0 Å². The molecule has 0 unspecified atom stereocenters. The normalized spacial score (nSPS) is 12.4. The Morgan fingerprint density at radius 2 is 1.33 bits per heavy atom. The molecule has 102 valence electrons. The predicted molar refractivity (Wildman–Crippen MR) is 79.3 cm³/mol. The zero-order valence-corrected chi connectivity index (χ0v) is 13.3. The second-order valence-electron chi connectivity index (χ2n) is 5.72. The summed E-state index contributed by atoms with van der Waals surface area (Å²) < 4.78 is 12.3. The van der Waals surface area contributed by atoms with Crippen molar-refractivity contribution in [3.63, 3.8) is 0 Å². The van der Waals surface area contributed by atoms with Crippen molar-refractivity contribution in [3.8, 4) is 0 Å². The van der Waals surface area contributed by atoms with Gasteiger partial charge in [0, 0.05) is 13.2 Å². The highest BCUT2D eigenvalue weighted by Gasteiger charge is 2.34. The van der Waals surface area contributed by atoms with Crippen LogP contribution in [-0.4, -0.2) is 21.8 Å². The quantitative estimate of drug-likeness (QED) is 0.705. The molecule has 1 aromatic carbocycles. The lowest BCUT2D eigenvalue weighted by atomic mass is 10.2. The van der Waals surface area contributed by atoms with E-state index in [2.05, 4.69) is 58.5 Å². The van der Waals surface area contributed by atoms with Gasteiger partial charge in [-0.05, 0) is 23.6 Å². The van der Waals surface area contributed by atoms with Gasteiger partial charge < -0.3 is 8.85 Å². The molecule has 0 saturated heterocycles. The Balaban J connectivity index is 2.79. The van der Waals surface area contributed by atoms with Gasteiger partial charge >= 0.3 is 8.56 Å². The SMILES string of the molecule is CC(C)CO[Si](C)(OCC(C)C)c1ccccc1. The summed E-state index contributed by atoms with van der Waals surface area (Å²) in [7, 11) is -2.25. The Hall–Kier alpha value is -0.643. The van der Waals surface area contributed by atoms with Crippen LogP contribution in [0.2, 0.25) is 6.55 Å². The maximum atomic E-state index is 6.14. The van der Waals surface area contributed by atoms with Gasteiger partial charge in [0.1, 0.15) is 0 Å². The predicted octanol–water partition coefficient (Wildman–Crippen LogP) is 3.31. The molecule has 0 atom stereocenters. The van der Waals surface area contributed by atoms with E-state index in [1.807, 2.05) is 6.07 Å². The average Bonchev–Trinajstić information content (AvgIpc) is 2.35. The monoisotopic (exact) mass is 266 g/mol.